The lowest BCUT2D eigenvalue weighted by Crippen LogP contribution is -2.43. The van der Waals surface area contributed by atoms with Gasteiger partial charge in [0.25, 0.3) is 0 Å². The molecular weight excluding hydrogens is 304 g/mol. The zero-order valence-corrected chi connectivity index (χ0v) is 16.0. The monoisotopic (exact) mass is 332 g/mol. The fourth-order valence-corrected chi connectivity index (χ4v) is 4.17. The van der Waals surface area contributed by atoms with Crippen LogP contribution in [-0.4, -0.2) is 51.7 Å². The Balaban J connectivity index is 2.68. The standard InChI is InChI=1S/C15H28O4SSi/c1-15(2,3)21(6,7)19-10-11-8-9-12(17-4)13(20-11)14(16)18-5/h8-9,11-13H,10H2,1-7H3/t11-,12-,13+/m1/s1. The molecule has 0 saturated carbocycles. The summed E-state index contributed by atoms with van der Waals surface area (Å²) in [5, 5.41) is 0.0278. The molecule has 3 atom stereocenters. The summed E-state index contributed by atoms with van der Waals surface area (Å²) in [6.45, 7) is 11.8. The van der Waals surface area contributed by atoms with Gasteiger partial charge in [0, 0.05) is 19.0 Å². The quantitative estimate of drug-likeness (QED) is 0.439. The molecular formula is C15H28O4SSi. The molecule has 0 bridgehead atoms. The maximum Gasteiger partial charge on any atom is 0.321 e. The molecule has 1 rings (SSSR count). The molecule has 21 heavy (non-hydrogen) atoms. The highest BCUT2D eigenvalue weighted by atomic mass is 32.2. The number of hydrogen-bond acceptors (Lipinski definition) is 5. The van der Waals surface area contributed by atoms with E-state index in [-0.39, 0.29) is 27.6 Å². The van der Waals surface area contributed by atoms with Crippen LogP contribution >= 0.6 is 11.8 Å². The first-order valence-corrected chi connectivity index (χ1v) is 11.1. The van der Waals surface area contributed by atoms with Gasteiger partial charge in [0.2, 0.25) is 0 Å². The first-order valence-electron chi connectivity index (χ1n) is 7.20. The van der Waals surface area contributed by atoms with Gasteiger partial charge in [-0.3, -0.25) is 4.79 Å². The molecule has 0 unspecified atom stereocenters. The van der Waals surface area contributed by atoms with Crippen molar-refractivity contribution < 1.29 is 18.7 Å². The zero-order chi connectivity index (χ0) is 16.3. The van der Waals surface area contributed by atoms with E-state index in [9.17, 15) is 4.79 Å². The summed E-state index contributed by atoms with van der Waals surface area (Å²) < 4.78 is 16.4. The van der Waals surface area contributed by atoms with E-state index in [1.807, 2.05) is 6.08 Å². The van der Waals surface area contributed by atoms with Crippen LogP contribution in [0.4, 0.5) is 0 Å². The Hall–Kier alpha value is -0.303. The Morgan fingerprint density at radius 2 is 1.86 bits per heavy atom. The minimum absolute atomic E-state index is 0.162. The lowest BCUT2D eigenvalue weighted by Gasteiger charge is -2.38. The molecule has 0 fully saturated rings. The lowest BCUT2D eigenvalue weighted by molar-refractivity contribution is -0.141. The van der Waals surface area contributed by atoms with Crippen LogP contribution in [0.3, 0.4) is 0 Å². The number of thioether (sulfide) groups is 1. The summed E-state index contributed by atoms with van der Waals surface area (Å²) in [6, 6.07) is 0. The van der Waals surface area contributed by atoms with Crippen LogP contribution < -0.4 is 0 Å². The normalized spacial score (nSPS) is 26.7. The number of esters is 1. The molecule has 0 aromatic heterocycles. The Bertz CT molecular complexity index is 390. The predicted octanol–water partition coefficient (Wildman–Crippen LogP) is 3.24. The fraction of sp³-hybridized carbons (Fsp3) is 0.800. The van der Waals surface area contributed by atoms with E-state index in [4.69, 9.17) is 13.9 Å². The molecule has 0 amide bonds. The number of carbonyl (C=O) groups is 1. The maximum absolute atomic E-state index is 11.9. The minimum Gasteiger partial charge on any atom is -0.468 e. The summed E-state index contributed by atoms with van der Waals surface area (Å²) in [5.74, 6) is -0.242. The second-order valence-corrected chi connectivity index (χ2v) is 13.0. The van der Waals surface area contributed by atoms with Crippen molar-refractivity contribution in [2.24, 2.45) is 0 Å². The number of rotatable bonds is 5. The molecule has 122 valence electrons. The predicted molar refractivity (Wildman–Crippen MR) is 90.3 cm³/mol. The minimum atomic E-state index is -1.77. The molecule has 0 spiro atoms. The highest BCUT2D eigenvalue weighted by molar-refractivity contribution is 8.01. The van der Waals surface area contributed by atoms with Crippen molar-refractivity contribution in [2.45, 2.75) is 55.5 Å². The van der Waals surface area contributed by atoms with E-state index in [0.29, 0.717) is 6.61 Å². The fourth-order valence-electron chi connectivity index (χ4n) is 1.76. The van der Waals surface area contributed by atoms with E-state index >= 15 is 0 Å². The summed E-state index contributed by atoms with van der Waals surface area (Å²) >= 11 is 1.56. The number of hydrogen-bond donors (Lipinski definition) is 0. The second-order valence-electron chi connectivity index (χ2n) is 6.77. The summed E-state index contributed by atoms with van der Waals surface area (Å²) in [5.41, 5.74) is 0. The van der Waals surface area contributed by atoms with Gasteiger partial charge in [-0.15, -0.1) is 11.8 Å². The van der Waals surface area contributed by atoms with Crippen LogP contribution in [0.1, 0.15) is 20.8 Å². The van der Waals surface area contributed by atoms with Crippen molar-refractivity contribution in [3.63, 3.8) is 0 Å². The molecule has 0 N–H and O–H groups in total. The number of methoxy groups -OCH3 is 2. The second kappa shape index (κ2) is 7.31. The van der Waals surface area contributed by atoms with Gasteiger partial charge in [0.15, 0.2) is 8.32 Å². The molecule has 1 aliphatic heterocycles. The third-order valence-corrected chi connectivity index (χ3v) is 10.2. The molecule has 0 aromatic carbocycles. The average Bonchev–Trinajstić information content (AvgIpc) is 2.42. The maximum atomic E-state index is 11.9. The van der Waals surface area contributed by atoms with Crippen LogP contribution in [0.25, 0.3) is 0 Å². The summed E-state index contributed by atoms with van der Waals surface area (Å²) in [6.07, 6.45) is 3.79. The Kier molecular flexibility index (Phi) is 6.52. The van der Waals surface area contributed by atoms with Crippen molar-refractivity contribution in [2.75, 3.05) is 20.8 Å². The SMILES string of the molecule is COC(=O)[C@H]1S[C@@H](CO[Si](C)(C)C(C)(C)C)C=C[C@H]1OC. The van der Waals surface area contributed by atoms with Gasteiger partial charge in [-0.05, 0) is 18.1 Å². The average molecular weight is 333 g/mol. The van der Waals surface area contributed by atoms with Crippen molar-refractivity contribution in [1.29, 1.82) is 0 Å². The smallest absolute Gasteiger partial charge is 0.321 e. The van der Waals surface area contributed by atoms with Gasteiger partial charge < -0.3 is 13.9 Å². The summed E-state index contributed by atoms with van der Waals surface area (Å²) in [4.78, 5) is 11.9. The van der Waals surface area contributed by atoms with Crippen LogP contribution in [0.2, 0.25) is 18.1 Å². The van der Waals surface area contributed by atoms with E-state index in [2.05, 4.69) is 39.9 Å². The molecule has 0 aromatic rings. The third kappa shape index (κ3) is 4.84. The van der Waals surface area contributed by atoms with E-state index in [1.165, 1.54) is 7.11 Å². The van der Waals surface area contributed by atoms with E-state index in [1.54, 1.807) is 18.9 Å². The van der Waals surface area contributed by atoms with Gasteiger partial charge in [0.05, 0.1) is 13.2 Å². The van der Waals surface area contributed by atoms with Gasteiger partial charge in [-0.1, -0.05) is 32.9 Å². The van der Waals surface area contributed by atoms with Crippen LogP contribution in [0.5, 0.6) is 0 Å². The van der Waals surface area contributed by atoms with Crippen LogP contribution in [0.15, 0.2) is 12.2 Å². The Labute approximate surface area is 133 Å². The van der Waals surface area contributed by atoms with Crippen LogP contribution in [-0.2, 0) is 18.7 Å². The van der Waals surface area contributed by atoms with Crippen molar-refractivity contribution in [3.05, 3.63) is 12.2 Å². The molecule has 4 nitrogen and oxygen atoms in total. The molecule has 0 radical (unpaired) electrons. The largest absolute Gasteiger partial charge is 0.468 e. The lowest BCUT2D eigenvalue weighted by atomic mass is 10.2. The van der Waals surface area contributed by atoms with Crippen molar-refractivity contribution >= 4 is 26.0 Å². The molecule has 1 heterocycles. The third-order valence-electron chi connectivity index (χ3n) is 4.26. The zero-order valence-electron chi connectivity index (χ0n) is 14.1. The molecule has 0 aliphatic carbocycles. The molecule has 1 aliphatic rings. The highest BCUT2D eigenvalue weighted by Crippen LogP contribution is 2.38. The first kappa shape index (κ1) is 18.7. The first-order chi connectivity index (χ1) is 9.62. The van der Waals surface area contributed by atoms with Crippen molar-refractivity contribution in [3.8, 4) is 0 Å². The van der Waals surface area contributed by atoms with Gasteiger partial charge >= 0.3 is 5.97 Å². The molecule has 0 saturated heterocycles. The summed E-state index contributed by atoms with van der Waals surface area (Å²) in [7, 11) is 1.25. The number of ether oxygens (including phenoxy) is 2. The van der Waals surface area contributed by atoms with Crippen molar-refractivity contribution in [1.82, 2.24) is 0 Å². The number of carbonyl (C=O) groups excluding carboxylic acids is 1. The van der Waals surface area contributed by atoms with E-state index < -0.39 is 8.32 Å². The van der Waals surface area contributed by atoms with E-state index in [0.717, 1.165) is 0 Å². The topological polar surface area (TPSA) is 44.8 Å². The van der Waals surface area contributed by atoms with Gasteiger partial charge in [0.1, 0.15) is 5.25 Å². The Morgan fingerprint density at radius 1 is 1.24 bits per heavy atom. The van der Waals surface area contributed by atoms with Gasteiger partial charge in [-0.25, -0.2) is 0 Å². The highest BCUT2D eigenvalue weighted by Gasteiger charge is 2.39. The molecule has 6 heteroatoms. The van der Waals surface area contributed by atoms with Gasteiger partial charge in [-0.2, -0.15) is 0 Å². The van der Waals surface area contributed by atoms with Crippen LogP contribution in [0, 0.1) is 0 Å². The Morgan fingerprint density at radius 3 is 2.33 bits per heavy atom.